The number of ether oxygens (including phenoxy) is 1. The van der Waals surface area contributed by atoms with E-state index in [9.17, 15) is 0 Å². The first-order chi connectivity index (χ1) is 9.33. The lowest BCUT2D eigenvalue weighted by Crippen LogP contribution is -2.43. The average molecular weight is 277 g/mol. The molecule has 2 heteroatoms. The van der Waals surface area contributed by atoms with Gasteiger partial charge in [-0.3, -0.25) is 4.90 Å². The Morgan fingerprint density at radius 1 is 1.15 bits per heavy atom. The summed E-state index contributed by atoms with van der Waals surface area (Å²) in [6.45, 7) is 11.9. The zero-order chi connectivity index (χ0) is 15.2. The Labute approximate surface area is 125 Å². The number of hydrogen-bond donors (Lipinski definition) is 0. The summed E-state index contributed by atoms with van der Waals surface area (Å²) in [5.41, 5.74) is 1.67. The van der Waals surface area contributed by atoms with Crippen LogP contribution in [-0.2, 0) is 11.2 Å². The highest BCUT2D eigenvalue weighted by Gasteiger charge is 2.25. The molecular formula is C18H31NO. The van der Waals surface area contributed by atoms with Crippen molar-refractivity contribution in [3.05, 3.63) is 35.9 Å². The Balaban J connectivity index is 2.65. The SMILES string of the molecule is CCOC(CC(C)(C)C)N(C)[C@H](C)Cc1ccccc1. The Hall–Kier alpha value is -0.860. The fourth-order valence-corrected chi connectivity index (χ4v) is 2.42. The van der Waals surface area contributed by atoms with Gasteiger partial charge in [0.2, 0.25) is 0 Å². The van der Waals surface area contributed by atoms with Crippen molar-refractivity contribution in [2.45, 2.75) is 59.7 Å². The molecule has 0 heterocycles. The first-order valence-corrected chi connectivity index (χ1v) is 7.71. The average Bonchev–Trinajstić information content (AvgIpc) is 2.37. The maximum atomic E-state index is 5.96. The molecule has 1 rings (SSSR count). The lowest BCUT2D eigenvalue weighted by Gasteiger charge is -2.36. The lowest BCUT2D eigenvalue weighted by molar-refractivity contribution is -0.0780. The molecule has 0 amide bonds. The highest BCUT2D eigenvalue weighted by molar-refractivity contribution is 5.15. The standard InChI is InChI=1S/C18H31NO/c1-7-20-17(14-18(3,4)5)19(6)15(2)13-16-11-9-8-10-12-16/h8-12,15,17H,7,13-14H2,1-6H3/t15-,17?/m1/s1. The summed E-state index contributed by atoms with van der Waals surface area (Å²) in [6.07, 6.45) is 2.31. The van der Waals surface area contributed by atoms with Gasteiger partial charge in [-0.1, -0.05) is 51.1 Å². The van der Waals surface area contributed by atoms with Crippen molar-refractivity contribution in [1.29, 1.82) is 0 Å². The molecule has 0 radical (unpaired) electrons. The van der Waals surface area contributed by atoms with E-state index < -0.39 is 0 Å². The van der Waals surface area contributed by atoms with Crippen molar-refractivity contribution < 1.29 is 4.74 Å². The van der Waals surface area contributed by atoms with Crippen LogP contribution in [0, 0.1) is 5.41 Å². The van der Waals surface area contributed by atoms with Crippen LogP contribution in [-0.4, -0.2) is 30.8 Å². The van der Waals surface area contributed by atoms with Crippen LogP contribution < -0.4 is 0 Å². The molecule has 0 N–H and O–H groups in total. The Morgan fingerprint density at radius 2 is 1.75 bits per heavy atom. The zero-order valence-electron chi connectivity index (χ0n) is 14.0. The molecule has 0 bridgehead atoms. The third-order valence-electron chi connectivity index (χ3n) is 3.67. The van der Waals surface area contributed by atoms with Crippen LogP contribution in [0.1, 0.15) is 46.6 Å². The summed E-state index contributed by atoms with van der Waals surface area (Å²) in [5.74, 6) is 0. The third kappa shape index (κ3) is 6.06. The number of rotatable bonds is 7. The minimum atomic E-state index is 0.193. The Bertz CT molecular complexity index is 369. The van der Waals surface area contributed by atoms with Crippen molar-refractivity contribution >= 4 is 0 Å². The molecule has 0 spiro atoms. The molecule has 1 unspecified atom stereocenters. The van der Waals surface area contributed by atoms with Crippen LogP contribution in [0.15, 0.2) is 30.3 Å². The molecule has 0 aliphatic carbocycles. The second-order valence-electron chi connectivity index (χ2n) is 6.88. The fourth-order valence-electron chi connectivity index (χ4n) is 2.42. The van der Waals surface area contributed by atoms with Gasteiger partial charge in [0.05, 0.1) is 0 Å². The van der Waals surface area contributed by atoms with Gasteiger partial charge in [-0.15, -0.1) is 0 Å². The summed E-state index contributed by atoms with van der Waals surface area (Å²) < 4.78 is 5.96. The van der Waals surface area contributed by atoms with Crippen LogP contribution >= 0.6 is 0 Å². The van der Waals surface area contributed by atoms with Gasteiger partial charge in [0.1, 0.15) is 6.23 Å². The smallest absolute Gasteiger partial charge is 0.111 e. The van der Waals surface area contributed by atoms with E-state index in [4.69, 9.17) is 4.74 Å². The third-order valence-corrected chi connectivity index (χ3v) is 3.67. The monoisotopic (exact) mass is 277 g/mol. The second kappa shape index (κ2) is 7.80. The van der Waals surface area contributed by atoms with Gasteiger partial charge in [0.15, 0.2) is 0 Å². The molecule has 0 aliphatic rings. The maximum Gasteiger partial charge on any atom is 0.111 e. The predicted octanol–water partition coefficient (Wildman–Crippen LogP) is 4.35. The van der Waals surface area contributed by atoms with Crippen molar-refractivity contribution in [3.63, 3.8) is 0 Å². The van der Waals surface area contributed by atoms with Crippen LogP contribution in [0.5, 0.6) is 0 Å². The Morgan fingerprint density at radius 3 is 2.25 bits per heavy atom. The molecule has 1 aromatic rings. The molecule has 0 saturated heterocycles. The van der Waals surface area contributed by atoms with E-state index in [-0.39, 0.29) is 11.6 Å². The van der Waals surface area contributed by atoms with Gasteiger partial charge in [0.25, 0.3) is 0 Å². The van der Waals surface area contributed by atoms with Gasteiger partial charge in [-0.25, -0.2) is 0 Å². The first-order valence-electron chi connectivity index (χ1n) is 7.71. The van der Waals surface area contributed by atoms with E-state index >= 15 is 0 Å². The largest absolute Gasteiger partial charge is 0.363 e. The second-order valence-corrected chi connectivity index (χ2v) is 6.88. The summed E-state index contributed by atoms with van der Waals surface area (Å²) in [6, 6.07) is 11.2. The quantitative estimate of drug-likeness (QED) is 0.687. The zero-order valence-corrected chi connectivity index (χ0v) is 14.0. The van der Waals surface area contributed by atoms with Crippen LogP contribution in [0.4, 0.5) is 0 Å². The van der Waals surface area contributed by atoms with Crippen LogP contribution in [0.3, 0.4) is 0 Å². The van der Waals surface area contributed by atoms with Gasteiger partial charge >= 0.3 is 0 Å². The topological polar surface area (TPSA) is 12.5 Å². The molecule has 1 aromatic carbocycles. The van der Waals surface area contributed by atoms with E-state index in [0.29, 0.717) is 6.04 Å². The van der Waals surface area contributed by atoms with E-state index in [1.165, 1.54) is 5.56 Å². The molecular weight excluding hydrogens is 246 g/mol. The molecule has 114 valence electrons. The summed E-state index contributed by atoms with van der Waals surface area (Å²) in [7, 11) is 2.18. The molecule has 20 heavy (non-hydrogen) atoms. The molecule has 0 fully saturated rings. The minimum absolute atomic E-state index is 0.193. The minimum Gasteiger partial charge on any atom is -0.363 e. The van der Waals surface area contributed by atoms with Gasteiger partial charge in [-0.05, 0) is 44.7 Å². The summed E-state index contributed by atoms with van der Waals surface area (Å²) in [5, 5.41) is 0. The fraction of sp³-hybridized carbons (Fsp3) is 0.667. The summed E-state index contributed by atoms with van der Waals surface area (Å²) >= 11 is 0. The normalized spacial score (nSPS) is 15.3. The summed E-state index contributed by atoms with van der Waals surface area (Å²) in [4.78, 5) is 2.38. The highest BCUT2D eigenvalue weighted by atomic mass is 16.5. The van der Waals surface area contributed by atoms with Crippen LogP contribution in [0.25, 0.3) is 0 Å². The molecule has 0 aromatic heterocycles. The number of likely N-dealkylation sites (N-methyl/N-ethyl adjacent to an activating group) is 1. The van der Waals surface area contributed by atoms with E-state index in [0.717, 1.165) is 19.4 Å². The van der Waals surface area contributed by atoms with Crippen LogP contribution in [0.2, 0.25) is 0 Å². The van der Waals surface area contributed by atoms with Crippen molar-refractivity contribution in [3.8, 4) is 0 Å². The molecule has 0 aliphatic heterocycles. The molecule has 2 atom stereocenters. The van der Waals surface area contributed by atoms with Crippen molar-refractivity contribution in [2.75, 3.05) is 13.7 Å². The van der Waals surface area contributed by atoms with Gasteiger partial charge in [0, 0.05) is 12.6 Å². The van der Waals surface area contributed by atoms with Gasteiger partial charge < -0.3 is 4.74 Å². The number of hydrogen-bond acceptors (Lipinski definition) is 2. The molecule has 2 nitrogen and oxygen atoms in total. The van der Waals surface area contributed by atoms with E-state index in [1.54, 1.807) is 0 Å². The number of benzene rings is 1. The van der Waals surface area contributed by atoms with Crippen molar-refractivity contribution in [2.24, 2.45) is 5.41 Å². The molecule has 0 saturated carbocycles. The van der Waals surface area contributed by atoms with E-state index in [2.05, 4.69) is 76.9 Å². The van der Waals surface area contributed by atoms with Gasteiger partial charge in [-0.2, -0.15) is 0 Å². The number of nitrogens with zero attached hydrogens (tertiary/aromatic N) is 1. The Kier molecular flexibility index (Phi) is 6.70. The maximum absolute atomic E-state index is 5.96. The lowest BCUT2D eigenvalue weighted by atomic mass is 9.90. The van der Waals surface area contributed by atoms with Crippen molar-refractivity contribution in [1.82, 2.24) is 4.90 Å². The predicted molar refractivity (Wildman–Crippen MR) is 86.9 cm³/mol. The van der Waals surface area contributed by atoms with E-state index in [1.807, 2.05) is 0 Å². The highest BCUT2D eigenvalue weighted by Crippen LogP contribution is 2.25. The first kappa shape index (κ1) is 17.2.